The van der Waals surface area contributed by atoms with Crippen LogP contribution in [0.1, 0.15) is 34.3 Å². The Morgan fingerprint density at radius 2 is 1.49 bits per heavy atom. The molecule has 2 N–H and O–H groups in total. The first kappa shape index (κ1) is 23.1. The van der Waals surface area contributed by atoms with Gasteiger partial charge in [0, 0.05) is 49.2 Å². The van der Waals surface area contributed by atoms with Gasteiger partial charge in [-0.25, -0.2) is 0 Å². The predicted molar refractivity (Wildman–Crippen MR) is 140 cm³/mol. The van der Waals surface area contributed by atoms with Crippen LogP contribution in [0, 0.1) is 0 Å². The molecule has 1 saturated heterocycles. The molecule has 0 aromatic heterocycles. The second kappa shape index (κ2) is 10.7. The molecule has 0 radical (unpaired) electrons. The highest BCUT2D eigenvalue weighted by Crippen LogP contribution is 2.24. The van der Waals surface area contributed by atoms with Crippen LogP contribution in [0.25, 0.3) is 0 Å². The third-order valence-corrected chi connectivity index (χ3v) is 6.97. The van der Waals surface area contributed by atoms with Gasteiger partial charge in [-0.15, -0.1) is 0 Å². The Hall–Kier alpha value is -3.64. The van der Waals surface area contributed by atoms with E-state index < -0.39 is 0 Å². The van der Waals surface area contributed by atoms with Gasteiger partial charge in [0.25, 0.3) is 5.91 Å². The molecule has 0 atom stereocenters. The number of likely N-dealkylation sites (tertiary alicyclic amines) is 1. The van der Waals surface area contributed by atoms with Crippen molar-refractivity contribution in [2.24, 2.45) is 0 Å². The Labute approximate surface area is 206 Å². The van der Waals surface area contributed by atoms with E-state index >= 15 is 0 Å². The summed E-state index contributed by atoms with van der Waals surface area (Å²) in [6.07, 6.45) is 2.73. The van der Waals surface area contributed by atoms with E-state index in [1.165, 1.54) is 11.1 Å². The van der Waals surface area contributed by atoms with Gasteiger partial charge in [-0.2, -0.15) is 0 Å². The summed E-state index contributed by atoms with van der Waals surface area (Å²) in [5.74, 6) is -0.0308. The van der Waals surface area contributed by atoms with Crippen LogP contribution in [0.2, 0.25) is 0 Å². The van der Waals surface area contributed by atoms with Crippen molar-refractivity contribution in [3.63, 3.8) is 0 Å². The van der Waals surface area contributed by atoms with Crippen LogP contribution in [0.15, 0.2) is 78.9 Å². The molecule has 180 valence electrons. The zero-order valence-corrected chi connectivity index (χ0v) is 20.0. The first-order valence-corrected chi connectivity index (χ1v) is 12.4. The van der Waals surface area contributed by atoms with Gasteiger partial charge in [0.15, 0.2) is 0 Å². The number of hydrogen-bond acceptors (Lipinski definition) is 4. The van der Waals surface area contributed by atoms with Crippen LogP contribution in [0.5, 0.6) is 0 Å². The Bertz CT molecular complexity index is 1150. The Kier molecular flexibility index (Phi) is 7.09. The number of nitrogens with one attached hydrogen (secondary N) is 2. The smallest absolute Gasteiger partial charge is 0.251 e. The molecule has 0 bridgehead atoms. The number of para-hydroxylation sites is 1. The topological polar surface area (TPSA) is 64.7 Å². The van der Waals surface area contributed by atoms with Gasteiger partial charge < -0.3 is 15.5 Å². The van der Waals surface area contributed by atoms with E-state index in [0.717, 1.165) is 56.8 Å². The number of benzene rings is 3. The van der Waals surface area contributed by atoms with Crippen LogP contribution in [-0.4, -0.2) is 48.9 Å². The van der Waals surface area contributed by atoms with Crippen LogP contribution >= 0.6 is 0 Å². The fourth-order valence-electron chi connectivity index (χ4n) is 4.97. The molecule has 5 rings (SSSR count). The SMILES string of the molecule is O=C(CN1CCC(NC(=O)c2ccc(N3CCc4ccccc4C3)cc2)CC1)Nc1ccccc1. The first-order chi connectivity index (χ1) is 17.1. The predicted octanol–water partition coefficient (Wildman–Crippen LogP) is 4.08. The van der Waals surface area contributed by atoms with Gasteiger partial charge in [0.2, 0.25) is 5.91 Å². The normalized spacial score (nSPS) is 16.4. The summed E-state index contributed by atoms with van der Waals surface area (Å²) in [6.45, 7) is 3.86. The second-order valence-corrected chi connectivity index (χ2v) is 9.43. The van der Waals surface area contributed by atoms with E-state index in [1.54, 1.807) is 0 Å². The molecule has 0 aliphatic carbocycles. The number of fused-ring (bicyclic) bond motifs is 1. The molecule has 0 spiro atoms. The molecule has 2 aliphatic heterocycles. The number of amides is 2. The molecule has 6 nitrogen and oxygen atoms in total. The number of anilines is 2. The maximum absolute atomic E-state index is 12.8. The van der Waals surface area contributed by atoms with Crippen LogP contribution < -0.4 is 15.5 Å². The standard InChI is InChI=1S/C29H32N4O2/c34-28(30-25-8-2-1-3-9-25)21-32-17-15-26(16-18-32)31-29(35)23-10-12-27(13-11-23)33-19-14-22-6-4-5-7-24(22)20-33/h1-13,26H,14-21H2,(H,30,34)(H,31,35). The summed E-state index contributed by atoms with van der Waals surface area (Å²) >= 11 is 0. The number of nitrogens with zero attached hydrogens (tertiary/aromatic N) is 2. The van der Waals surface area contributed by atoms with E-state index in [9.17, 15) is 9.59 Å². The average molecular weight is 469 g/mol. The zero-order valence-electron chi connectivity index (χ0n) is 20.0. The van der Waals surface area contributed by atoms with Crippen molar-refractivity contribution in [1.29, 1.82) is 0 Å². The van der Waals surface area contributed by atoms with Gasteiger partial charge in [-0.1, -0.05) is 42.5 Å². The van der Waals surface area contributed by atoms with E-state index in [0.29, 0.717) is 12.1 Å². The van der Waals surface area contributed by atoms with Crippen LogP contribution in [0.4, 0.5) is 11.4 Å². The molecule has 2 heterocycles. The third kappa shape index (κ3) is 5.89. The summed E-state index contributed by atoms with van der Waals surface area (Å²) in [5, 5.41) is 6.11. The molecule has 0 saturated carbocycles. The van der Waals surface area contributed by atoms with Gasteiger partial charge in [0.1, 0.15) is 0 Å². The van der Waals surface area contributed by atoms with Crippen molar-refractivity contribution in [3.05, 3.63) is 95.6 Å². The van der Waals surface area contributed by atoms with Crippen molar-refractivity contribution in [3.8, 4) is 0 Å². The van der Waals surface area contributed by atoms with Gasteiger partial charge in [-0.3, -0.25) is 14.5 Å². The van der Waals surface area contributed by atoms with E-state index in [-0.39, 0.29) is 17.9 Å². The molecular weight excluding hydrogens is 436 g/mol. The first-order valence-electron chi connectivity index (χ1n) is 12.4. The van der Waals surface area contributed by atoms with E-state index in [4.69, 9.17) is 0 Å². The second-order valence-electron chi connectivity index (χ2n) is 9.43. The largest absolute Gasteiger partial charge is 0.367 e. The lowest BCUT2D eigenvalue weighted by molar-refractivity contribution is -0.117. The van der Waals surface area contributed by atoms with Gasteiger partial charge in [0.05, 0.1) is 6.54 Å². The Balaban J connectivity index is 1.08. The van der Waals surface area contributed by atoms with E-state index in [2.05, 4.69) is 56.8 Å². The Morgan fingerprint density at radius 1 is 0.800 bits per heavy atom. The lowest BCUT2D eigenvalue weighted by atomic mass is 9.99. The summed E-state index contributed by atoms with van der Waals surface area (Å²) in [6, 6.07) is 26.2. The summed E-state index contributed by atoms with van der Waals surface area (Å²) < 4.78 is 0. The summed E-state index contributed by atoms with van der Waals surface area (Å²) in [4.78, 5) is 29.6. The fraction of sp³-hybridized carbons (Fsp3) is 0.310. The van der Waals surface area contributed by atoms with E-state index in [1.807, 2.05) is 42.5 Å². The monoisotopic (exact) mass is 468 g/mol. The van der Waals surface area contributed by atoms with Gasteiger partial charge in [-0.05, 0) is 66.8 Å². The molecule has 0 unspecified atom stereocenters. The zero-order chi connectivity index (χ0) is 24.0. The summed E-state index contributed by atoms with van der Waals surface area (Å²) in [5.41, 5.74) is 5.47. The minimum Gasteiger partial charge on any atom is -0.367 e. The third-order valence-electron chi connectivity index (χ3n) is 6.97. The lowest BCUT2D eigenvalue weighted by Gasteiger charge is -2.32. The molecule has 3 aromatic rings. The molecule has 1 fully saturated rings. The average Bonchev–Trinajstić information content (AvgIpc) is 2.90. The van der Waals surface area contributed by atoms with Crippen molar-refractivity contribution < 1.29 is 9.59 Å². The van der Waals surface area contributed by atoms with Gasteiger partial charge >= 0.3 is 0 Å². The molecule has 6 heteroatoms. The maximum Gasteiger partial charge on any atom is 0.251 e. The molecule has 35 heavy (non-hydrogen) atoms. The number of carbonyl (C=O) groups is 2. The minimum absolute atomic E-state index is 0.00373. The quantitative estimate of drug-likeness (QED) is 0.572. The lowest BCUT2D eigenvalue weighted by Crippen LogP contribution is -2.46. The fourth-order valence-corrected chi connectivity index (χ4v) is 4.97. The maximum atomic E-state index is 12.8. The van der Waals surface area contributed by atoms with Crippen LogP contribution in [0.3, 0.4) is 0 Å². The highest BCUT2D eigenvalue weighted by Gasteiger charge is 2.23. The van der Waals surface area contributed by atoms with Crippen molar-refractivity contribution >= 4 is 23.2 Å². The number of piperidine rings is 1. The van der Waals surface area contributed by atoms with Crippen molar-refractivity contribution in [2.75, 3.05) is 36.4 Å². The minimum atomic E-state index is -0.0270. The van der Waals surface area contributed by atoms with Crippen LogP contribution in [-0.2, 0) is 17.8 Å². The highest BCUT2D eigenvalue weighted by atomic mass is 16.2. The molecule has 3 aromatic carbocycles. The van der Waals surface area contributed by atoms with Crippen molar-refractivity contribution in [2.45, 2.75) is 31.8 Å². The highest BCUT2D eigenvalue weighted by molar-refractivity contribution is 5.94. The number of hydrogen-bond donors (Lipinski definition) is 2. The summed E-state index contributed by atoms with van der Waals surface area (Å²) in [7, 11) is 0. The number of carbonyl (C=O) groups excluding carboxylic acids is 2. The number of rotatable bonds is 6. The Morgan fingerprint density at radius 3 is 2.23 bits per heavy atom. The molecular formula is C29H32N4O2. The van der Waals surface area contributed by atoms with Crippen molar-refractivity contribution in [1.82, 2.24) is 10.2 Å². The molecule has 2 amide bonds. The molecule has 2 aliphatic rings.